The number of nitrogens with one attached hydrogen (secondary N) is 1. The monoisotopic (exact) mass is 184 g/mol. The predicted molar refractivity (Wildman–Crippen MR) is 52.8 cm³/mol. The minimum absolute atomic E-state index is 0.414. The Kier molecular flexibility index (Phi) is 3.19. The zero-order valence-corrected chi connectivity index (χ0v) is 8.46. The van der Waals surface area contributed by atoms with Crippen LogP contribution in [0.25, 0.3) is 0 Å². The molecule has 1 aliphatic carbocycles. The van der Waals surface area contributed by atoms with Crippen LogP contribution in [0.15, 0.2) is 0 Å². The molecule has 1 saturated heterocycles. The van der Waals surface area contributed by atoms with Gasteiger partial charge in [0.25, 0.3) is 0 Å². The summed E-state index contributed by atoms with van der Waals surface area (Å²) in [7, 11) is 2.16. The summed E-state index contributed by atoms with van der Waals surface area (Å²) >= 11 is 0. The second-order valence-corrected chi connectivity index (χ2v) is 4.36. The number of hydrogen-bond acceptors (Lipinski definition) is 3. The highest BCUT2D eigenvalue weighted by Gasteiger charge is 2.22. The van der Waals surface area contributed by atoms with Crippen molar-refractivity contribution >= 4 is 0 Å². The lowest BCUT2D eigenvalue weighted by molar-refractivity contribution is -0.0180. The van der Waals surface area contributed by atoms with Crippen LogP contribution in [-0.2, 0) is 4.74 Å². The minimum atomic E-state index is 0.414. The van der Waals surface area contributed by atoms with Crippen molar-refractivity contribution in [2.45, 2.75) is 18.9 Å². The molecule has 0 spiro atoms. The van der Waals surface area contributed by atoms with Gasteiger partial charge in [0.05, 0.1) is 12.7 Å². The number of likely N-dealkylation sites (N-methyl/N-ethyl adjacent to an activating group) is 1. The average Bonchev–Trinajstić information content (AvgIpc) is 2.88. The molecule has 13 heavy (non-hydrogen) atoms. The second-order valence-electron chi connectivity index (χ2n) is 4.36. The fraction of sp³-hybridized carbons (Fsp3) is 1.00. The maximum absolute atomic E-state index is 5.65. The Bertz CT molecular complexity index is 159. The molecule has 0 aromatic heterocycles. The van der Waals surface area contributed by atoms with Gasteiger partial charge in [-0.05, 0) is 32.4 Å². The maximum Gasteiger partial charge on any atom is 0.0826 e. The molecule has 1 unspecified atom stereocenters. The van der Waals surface area contributed by atoms with Crippen molar-refractivity contribution in [1.82, 2.24) is 10.2 Å². The van der Waals surface area contributed by atoms with Crippen LogP contribution in [-0.4, -0.2) is 50.8 Å². The molecule has 2 fully saturated rings. The Morgan fingerprint density at radius 2 is 2.23 bits per heavy atom. The summed E-state index contributed by atoms with van der Waals surface area (Å²) in [5, 5.41) is 3.49. The van der Waals surface area contributed by atoms with Crippen LogP contribution >= 0.6 is 0 Å². The van der Waals surface area contributed by atoms with Crippen molar-refractivity contribution in [1.29, 1.82) is 0 Å². The van der Waals surface area contributed by atoms with Crippen LogP contribution in [0.3, 0.4) is 0 Å². The first kappa shape index (κ1) is 9.44. The lowest BCUT2D eigenvalue weighted by Gasteiger charge is -2.30. The van der Waals surface area contributed by atoms with E-state index in [2.05, 4.69) is 17.3 Å². The molecule has 3 heteroatoms. The largest absolute Gasteiger partial charge is 0.374 e. The third-order valence-corrected chi connectivity index (χ3v) is 2.84. The van der Waals surface area contributed by atoms with Gasteiger partial charge in [-0.15, -0.1) is 0 Å². The Hall–Kier alpha value is -0.120. The Morgan fingerprint density at radius 1 is 1.38 bits per heavy atom. The van der Waals surface area contributed by atoms with Crippen molar-refractivity contribution in [3.63, 3.8) is 0 Å². The van der Waals surface area contributed by atoms with E-state index in [0.29, 0.717) is 6.10 Å². The van der Waals surface area contributed by atoms with E-state index in [1.807, 2.05) is 0 Å². The lowest BCUT2D eigenvalue weighted by atomic mass is 10.3. The minimum Gasteiger partial charge on any atom is -0.374 e. The number of morpholine rings is 1. The molecule has 1 heterocycles. The van der Waals surface area contributed by atoms with Gasteiger partial charge in [0.2, 0.25) is 0 Å². The van der Waals surface area contributed by atoms with Gasteiger partial charge in [0, 0.05) is 19.6 Å². The van der Waals surface area contributed by atoms with Crippen molar-refractivity contribution in [3.8, 4) is 0 Å². The molecule has 2 rings (SSSR count). The predicted octanol–water partition coefficient (Wildman–Crippen LogP) is 0.317. The normalized spacial score (nSPS) is 30.7. The van der Waals surface area contributed by atoms with E-state index in [0.717, 1.165) is 32.2 Å². The van der Waals surface area contributed by atoms with Crippen molar-refractivity contribution in [2.75, 3.05) is 39.8 Å². The Morgan fingerprint density at radius 3 is 2.92 bits per heavy atom. The highest BCUT2D eigenvalue weighted by atomic mass is 16.5. The summed E-state index contributed by atoms with van der Waals surface area (Å²) < 4.78 is 5.65. The molecule has 0 aromatic carbocycles. The van der Waals surface area contributed by atoms with Crippen LogP contribution < -0.4 is 5.32 Å². The van der Waals surface area contributed by atoms with E-state index < -0.39 is 0 Å². The topological polar surface area (TPSA) is 24.5 Å². The van der Waals surface area contributed by atoms with E-state index in [1.165, 1.54) is 19.4 Å². The number of ether oxygens (including phenoxy) is 1. The summed E-state index contributed by atoms with van der Waals surface area (Å²) in [4.78, 5) is 2.34. The molecule has 1 aliphatic heterocycles. The quantitative estimate of drug-likeness (QED) is 0.681. The van der Waals surface area contributed by atoms with E-state index >= 15 is 0 Å². The van der Waals surface area contributed by atoms with Gasteiger partial charge in [-0.2, -0.15) is 0 Å². The third-order valence-electron chi connectivity index (χ3n) is 2.84. The van der Waals surface area contributed by atoms with Crippen LogP contribution in [0.2, 0.25) is 0 Å². The van der Waals surface area contributed by atoms with E-state index in [1.54, 1.807) is 0 Å². The summed E-state index contributed by atoms with van der Waals surface area (Å²) in [5.41, 5.74) is 0. The SMILES string of the molecule is CN1CCOC(CNCC2CC2)C1. The van der Waals surface area contributed by atoms with E-state index in [4.69, 9.17) is 4.74 Å². The fourth-order valence-corrected chi connectivity index (χ4v) is 1.76. The van der Waals surface area contributed by atoms with Crippen molar-refractivity contribution in [2.24, 2.45) is 5.92 Å². The van der Waals surface area contributed by atoms with Gasteiger partial charge in [0.1, 0.15) is 0 Å². The molecule has 1 saturated carbocycles. The molecule has 3 nitrogen and oxygen atoms in total. The number of hydrogen-bond donors (Lipinski definition) is 1. The number of rotatable bonds is 4. The van der Waals surface area contributed by atoms with Crippen LogP contribution in [0.4, 0.5) is 0 Å². The van der Waals surface area contributed by atoms with Crippen molar-refractivity contribution < 1.29 is 4.74 Å². The van der Waals surface area contributed by atoms with Gasteiger partial charge >= 0.3 is 0 Å². The first-order chi connectivity index (χ1) is 6.34. The summed E-state index contributed by atoms with van der Waals surface area (Å²) in [5.74, 6) is 0.973. The molecule has 0 bridgehead atoms. The van der Waals surface area contributed by atoms with Gasteiger partial charge in [-0.25, -0.2) is 0 Å². The zero-order chi connectivity index (χ0) is 9.10. The van der Waals surface area contributed by atoms with Gasteiger partial charge < -0.3 is 15.0 Å². The summed E-state index contributed by atoms with van der Waals surface area (Å²) in [6, 6.07) is 0. The molecular formula is C10H20N2O. The average molecular weight is 184 g/mol. The van der Waals surface area contributed by atoms with Crippen LogP contribution in [0.5, 0.6) is 0 Å². The highest BCUT2D eigenvalue weighted by molar-refractivity contribution is 4.77. The van der Waals surface area contributed by atoms with Gasteiger partial charge in [-0.1, -0.05) is 0 Å². The van der Waals surface area contributed by atoms with E-state index in [9.17, 15) is 0 Å². The molecule has 0 amide bonds. The maximum atomic E-state index is 5.65. The first-order valence-electron chi connectivity index (χ1n) is 5.35. The summed E-state index contributed by atoms with van der Waals surface area (Å²) in [6.07, 6.45) is 3.27. The molecule has 76 valence electrons. The van der Waals surface area contributed by atoms with Crippen molar-refractivity contribution in [3.05, 3.63) is 0 Å². The second kappa shape index (κ2) is 4.40. The zero-order valence-electron chi connectivity index (χ0n) is 8.46. The Balaban J connectivity index is 1.56. The molecular weight excluding hydrogens is 164 g/mol. The molecule has 2 aliphatic rings. The summed E-state index contributed by atoms with van der Waals surface area (Å²) in [6.45, 7) is 5.29. The lowest BCUT2D eigenvalue weighted by Crippen LogP contribution is -2.45. The standard InChI is InChI=1S/C10H20N2O/c1-12-4-5-13-10(8-12)7-11-6-9-2-3-9/h9-11H,2-8H2,1H3. The van der Waals surface area contributed by atoms with Gasteiger partial charge in [-0.3, -0.25) is 0 Å². The third kappa shape index (κ3) is 3.25. The fourth-order valence-electron chi connectivity index (χ4n) is 1.76. The molecule has 0 aromatic rings. The van der Waals surface area contributed by atoms with E-state index in [-0.39, 0.29) is 0 Å². The first-order valence-corrected chi connectivity index (χ1v) is 5.35. The molecule has 1 atom stereocenters. The molecule has 1 N–H and O–H groups in total. The highest BCUT2D eigenvalue weighted by Crippen LogP contribution is 2.27. The number of nitrogens with zero attached hydrogens (tertiary/aromatic N) is 1. The smallest absolute Gasteiger partial charge is 0.0826 e. The van der Waals surface area contributed by atoms with Crippen LogP contribution in [0, 0.1) is 5.92 Å². The van der Waals surface area contributed by atoms with Gasteiger partial charge in [0.15, 0.2) is 0 Å². The van der Waals surface area contributed by atoms with Crippen LogP contribution in [0.1, 0.15) is 12.8 Å². The molecule has 0 radical (unpaired) electrons. The Labute approximate surface area is 80.4 Å².